The van der Waals surface area contributed by atoms with Crippen molar-refractivity contribution in [3.8, 4) is 0 Å². The van der Waals surface area contributed by atoms with Gasteiger partial charge < -0.3 is 9.15 Å². The van der Waals surface area contributed by atoms with Gasteiger partial charge in [-0.2, -0.15) is 0 Å². The van der Waals surface area contributed by atoms with Crippen LogP contribution in [0, 0.1) is 5.92 Å². The van der Waals surface area contributed by atoms with Gasteiger partial charge in [0.15, 0.2) is 0 Å². The molecule has 5 nitrogen and oxygen atoms in total. The summed E-state index contributed by atoms with van der Waals surface area (Å²) in [5.41, 5.74) is 2.55. The molecule has 2 rings (SSSR count). The molecule has 5 heteroatoms. The highest BCUT2D eigenvalue weighted by atomic mass is 16.5. The molecule has 100 valence electrons. The molecular weight excluding hydrogens is 232 g/mol. The van der Waals surface area contributed by atoms with Crippen LogP contribution >= 0.6 is 0 Å². The second-order valence-corrected chi connectivity index (χ2v) is 4.84. The van der Waals surface area contributed by atoms with Gasteiger partial charge in [0, 0.05) is 0 Å². The molecule has 1 aliphatic rings. The molecule has 0 saturated heterocycles. The maximum atomic E-state index is 11.5. The first-order chi connectivity index (χ1) is 8.72. The van der Waals surface area contributed by atoms with Gasteiger partial charge in [-0.15, -0.1) is 0 Å². The predicted molar refractivity (Wildman–Crippen MR) is 66.6 cm³/mol. The van der Waals surface area contributed by atoms with Gasteiger partial charge in [0.1, 0.15) is 12.4 Å². The van der Waals surface area contributed by atoms with Crippen LogP contribution < -0.4 is 11.3 Å². The van der Waals surface area contributed by atoms with Crippen LogP contribution in [-0.2, 0) is 11.3 Å². The number of ether oxygens (including phenoxy) is 1. The number of hydrazine groups is 1. The average molecular weight is 252 g/mol. The Morgan fingerprint density at radius 2 is 2.33 bits per heavy atom. The minimum Gasteiger partial charge on any atom is -0.466 e. The van der Waals surface area contributed by atoms with E-state index in [1.165, 1.54) is 25.5 Å². The quantitative estimate of drug-likeness (QED) is 0.488. The number of rotatable bonds is 4. The molecule has 0 bridgehead atoms. The zero-order chi connectivity index (χ0) is 13.0. The van der Waals surface area contributed by atoms with E-state index in [4.69, 9.17) is 15.0 Å². The van der Waals surface area contributed by atoms with Crippen molar-refractivity contribution in [1.29, 1.82) is 0 Å². The summed E-state index contributed by atoms with van der Waals surface area (Å²) in [5.74, 6) is 5.87. The van der Waals surface area contributed by atoms with Gasteiger partial charge in [-0.1, -0.05) is 19.8 Å². The van der Waals surface area contributed by atoms with Crippen LogP contribution in [0.4, 0.5) is 0 Å². The number of hydrogen-bond donors (Lipinski definition) is 2. The Morgan fingerprint density at radius 3 is 3.06 bits per heavy atom. The Labute approximate surface area is 107 Å². The van der Waals surface area contributed by atoms with Gasteiger partial charge in [-0.25, -0.2) is 5.84 Å². The number of carbonyl (C=O) groups is 1. The second kappa shape index (κ2) is 6.02. The largest absolute Gasteiger partial charge is 0.466 e. The first-order valence-electron chi connectivity index (χ1n) is 6.41. The maximum Gasteiger partial charge on any atom is 0.268 e. The van der Waals surface area contributed by atoms with Crippen LogP contribution in [0.15, 0.2) is 16.7 Å². The van der Waals surface area contributed by atoms with E-state index in [1.54, 1.807) is 6.07 Å². The standard InChI is InChI=1S/C13H20N2O3/c1-9-4-2-3-5-11(9)18-8-12-10(6-7-17-12)13(16)15-14/h6-7,9,11H,2-5,8,14H2,1H3,(H,15,16). The molecule has 0 aromatic carbocycles. The number of hydrogen-bond acceptors (Lipinski definition) is 4. The van der Waals surface area contributed by atoms with Crippen molar-refractivity contribution in [2.75, 3.05) is 0 Å². The summed E-state index contributed by atoms with van der Waals surface area (Å²) in [6, 6.07) is 1.60. The molecule has 3 N–H and O–H groups in total. The molecular formula is C13H20N2O3. The van der Waals surface area contributed by atoms with E-state index in [9.17, 15) is 4.79 Å². The van der Waals surface area contributed by atoms with E-state index >= 15 is 0 Å². The van der Waals surface area contributed by atoms with E-state index in [0.717, 1.165) is 6.42 Å². The van der Waals surface area contributed by atoms with E-state index in [-0.39, 0.29) is 12.0 Å². The van der Waals surface area contributed by atoms with Gasteiger partial charge in [0.2, 0.25) is 0 Å². The molecule has 0 spiro atoms. The number of nitrogen functional groups attached to an aromatic ring is 1. The minimum absolute atomic E-state index is 0.262. The fourth-order valence-electron chi connectivity index (χ4n) is 2.45. The van der Waals surface area contributed by atoms with Gasteiger partial charge >= 0.3 is 0 Å². The molecule has 1 heterocycles. The van der Waals surface area contributed by atoms with Crippen molar-refractivity contribution < 1.29 is 13.9 Å². The highest BCUT2D eigenvalue weighted by molar-refractivity contribution is 5.94. The normalized spacial score (nSPS) is 23.9. The zero-order valence-corrected chi connectivity index (χ0v) is 10.6. The Balaban J connectivity index is 1.93. The number of nitrogens with two attached hydrogens (primary N) is 1. The Hall–Kier alpha value is -1.33. The van der Waals surface area contributed by atoms with Crippen LogP contribution in [0.2, 0.25) is 0 Å². The molecule has 1 aromatic heterocycles. The lowest BCUT2D eigenvalue weighted by molar-refractivity contribution is -0.0222. The summed E-state index contributed by atoms with van der Waals surface area (Å²) in [6.07, 6.45) is 6.52. The summed E-state index contributed by atoms with van der Waals surface area (Å²) in [6.45, 7) is 2.53. The molecule has 2 atom stereocenters. The van der Waals surface area contributed by atoms with Crippen molar-refractivity contribution in [2.45, 2.75) is 45.3 Å². The van der Waals surface area contributed by atoms with Crippen molar-refractivity contribution in [3.63, 3.8) is 0 Å². The monoisotopic (exact) mass is 252 g/mol. The third-order valence-electron chi connectivity index (χ3n) is 3.58. The van der Waals surface area contributed by atoms with Crippen molar-refractivity contribution in [3.05, 3.63) is 23.7 Å². The first kappa shape index (κ1) is 13.1. The Kier molecular flexibility index (Phi) is 4.38. The smallest absolute Gasteiger partial charge is 0.268 e. The van der Waals surface area contributed by atoms with Crippen molar-refractivity contribution >= 4 is 5.91 Å². The summed E-state index contributed by atoms with van der Waals surface area (Å²) in [4.78, 5) is 11.5. The molecule has 1 amide bonds. The summed E-state index contributed by atoms with van der Waals surface area (Å²) in [5, 5.41) is 0. The van der Waals surface area contributed by atoms with Gasteiger partial charge in [0.05, 0.1) is 17.9 Å². The molecule has 18 heavy (non-hydrogen) atoms. The molecule has 1 fully saturated rings. The van der Waals surface area contributed by atoms with E-state index in [1.807, 2.05) is 0 Å². The predicted octanol–water partition coefficient (Wildman–Crippen LogP) is 1.98. The lowest BCUT2D eigenvalue weighted by Gasteiger charge is -2.28. The van der Waals surface area contributed by atoms with Crippen molar-refractivity contribution in [1.82, 2.24) is 5.43 Å². The summed E-state index contributed by atoms with van der Waals surface area (Å²) >= 11 is 0. The second-order valence-electron chi connectivity index (χ2n) is 4.84. The molecule has 0 aliphatic heterocycles. The van der Waals surface area contributed by atoms with Gasteiger partial charge in [-0.3, -0.25) is 10.2 Å². The number of amides is 1. The first-order valence-corrected chi connectivity index (χ1v) is 6.41. The number of carbonyl (C=O) groups excluding carboxylic acids is 1. The van der Waals surface area contributed by atoms with Crippen LogP contribution in [0.5, 0.6) is 0 Å². The highest BCUT2D eigenvalue weighted by Crippen LogP contribution is 2.27. The summed E-state index contributed by atoms with van der Waals surface area (Å²) < 4.78 is 11.1. The molecule has 2 unspecified atom stereocenters. The maximum absolute atomic E-state index is 11.5. The topological polar surface area (TPSA) is 77.5 Å². The van der Waals surface area contributed by atoms with Gasteiger partial charge in [0.25, 0.3) is 5.91 Å². The zero-order valence-electron chi connectivity index (χ0n) is 10.6. The van der Waals surface area contributed by atoms with Crippen LogP contribution in [0.25, 0.3) is 0 Å². The van der Waals surface area contributed by atoms with E-state index < -0.39 is 0 Å². The number of nitrogens with one attached hydrogen (secondary N) is 1. The third-order valence-corrected chi connectivity index (χ3v) is 3.58. The fraction of sp³-hybridized carbons (Fsp3) is 0.615. The third kappa shape index (κ3) is 2.91. The number of furan rings is 1. The molecule has 1 saturated carbocycles. The van der Waals surface area contributed by atoms with Crippen molar-refractivity contribution in [2.24, 2.45) is 11.8 Å². The van der Waals surface area contributed by atoms with Crippen LogP contribution in [0.1, 0.15) is 48.7 Å². The lowest BCUT2D eigenvalue weighted by atomic mass is 9.88. The fourth-order valence-corrected chi connectivity index (χ4v) is 2.45. The Morgan fingerprint density at radius 1 is 1.56 bits per heavy atom. The highest BCUT2D eigenvalue weighted by Gasteiger charge is 2.23. The van der Waals surface area contributed by atoms with Crippen LogP contribution in [0.3, 0.4) is 0 Å². The minimum atomic E-state index is -0.348. The van der Waals surface area contributed by atoms with E-state index in [2.05, 4.69) is 12.3 Å². The summed E-state index contributed by atoms with van der Waals surface area (Å²) in [7, 11) is 0. The molecule has 0 radical (unpaired) electrons. The molecule has 1 aromatic rings. The molecule has 1 aliphatic carbocycles. The lowest BCUT2D eigenvalue weighted by Crippen LogP contribution is -2.30. The van der Waals surface area contributed by atoms with Crippen LogP contribution in [-0.4, -0.2) is 12.0 Å². The van der Waals surface area contributed by atoms with Gasteiger partial charge in [-0.05, 0) is 24.8 Å². The Bertz CT molecular complexity index is 403. The van der Waals surface area contributed by atoms with E-state index in [0.29, 0.717) is 23.8 Å². The average Bonchev–Trinajstić information content (AvgIpc) is 2.85. The SMILES string of the molecule is CC1CCCCC1OCc1occc1C(=O)NN.